The molecule has 0 aliphatic rings. The molecule has 0 aliphatic heterocycles. The average Bonchev–Trinajstić information content (AvgIpc) is 3.14. The van der Waals surface area contributed by atoms with Crippen molar-refractivity contribution in [2.24, 2.45) is 5.92 Å². The van der Waals surface area contributed by atoms with Crippen LogP contribution in [0.4, 0.5) is 4.39 Å². The maximum atomic E-state index is 14.7. The number of rotatable bonds is 7. The Morgan fingerprint density at radius 2 is 2.15 bits per heavy atom. The van der Waals surface area contributed by atoms with Crippen molar-refractivity contribution in [3.8, 4) is 16.2 Å². The maximum absolute atomic E-state index is 14.7. The maximum Gasteiger partial charge on any atom is 0.200 e. The van der Waals surface area contributed by atoms with E-state index in [1.54, 1.807) is 24.5 Å². The van der Waals surface area contributed by atoms with Crippen molar-refractivity contribution in [2.75, 3.05) is 0 Å². The summed E-state index contributed by atoms with van der Waals surface area (Å²) in [5.74, 6) is 0.870. The lowest BCUT2D eigenvalue weighted by Gasteiger charge is -2.10. The van der Waals surface area contributed by atoms with Crippen molar-refractivity contribution in [1.82, 2.24) is 9.55 Å². The molecule has 0 amide bonds. The van der Waals surface area contributed by atoms with Gasteiger partial charge in [0.2, 0.25) is 5.06 Å². The highest BCUT2D eigenvalue weighted by Gasteiger charge is 2.16. The summed E-state index contributed by atoms with van der Waals surface area (Å²) in [6.07, 6.45) is 4.28. The smallest absolute Gasteiger partial charge is 0.200 e. The summed E-state index contributed by atoms with van der Waals surface area (Å²) < 4.78 is 43.5. The van der Waals surface area contributed by atoms with Gasteiger partial charge in [-0.15, -0.1) is 11.3 Å². The van der Waals surface area contributed by atoms with E-state index in [0.29, 0.717) is 29.2 Å². The van der Waals surface area contributed by atoms with Crippen LogP contribution in [0.1, 0.15) is 30.1 Å². The molecular formula is C19H20FN2O3S2-. The first-order valence-corrected chi connectivity index (χ1v) is 10.3. The summed E-state index contributed by atoms with van der Waals surface area (Å²) in [7, 11) is 0. The average molecular weight is 408 g/mol. The first kappa shape index (κ1) is 19.7. The van der Waals surface area contributed by atoms with Crippen molar-refractivity contribution < 1.29 is 17.3 Å². The lowest BCUT2D eigenvalue weighted by molar-refractivity contribution is 0.445. The third kappa shape index (κ3) is 4.82. The molecule has 5 nitrogen and oxygen atoms in total. The minimum atomic E-state index is -2.68. The molecule has 8 heteroatoms. The molecule has 0 bridgehead atoms. The molecule has 0 saturated heterocycles. The van der Waals surface area contributed by atoms with Gasteiger partial charge in [-0.1, -0.05) is 26.0 Å². The third-order valence-electron chi connectivity index (χ3n) is 4.13. The van der Waals surface area contributed by atoms with Gasteiger partial charge in [0.25, 0.3) is 0 Å². The van der Waals surface area contributed by atoms with Crippen LogP contribution in [0.15, 0.2) is 36.7 Å². The van der Waals surface area contributed by atoms with Gasteiger partial charge in [0, 0.05) is 28.4 Å². The molecule has 0 radical (unpaired) electrons. The van der Waals surface area contributed by atoms with E-state index in [4.69, 9.17) is 4.18 Å². The van der Waals surface area contributed by atoms with Crippen LogP contribution in [0.5, 0.6) is 5.06 Å². The predicted molar refractivity (Wildman–Crippen MR) is 104 cm³/mol. The summed E-state index contributed by atoms with van der Waals surface area (Å²) in [5.41, 5.74) is 1.71. The van der Waals surface area contributed by atoms with E-state index in [1.165, 1.54) is 17.4 Å². The molecule has 3 rings (SSSR count). The van der Waals surface area contributed by atoms with Crippen molar-refractivity contribution in [3.05, 3.63) is 58.7 Å². The number of hydrogen-bond acceptors (Lipinski definition) is 5. The molecule has 27 heavy (non-hydrogen) atoms. The normalized spacial score (nSPS) is 12.5. The zero-order valence-electron chi connectivity index (χ0n) is 15.3. The minimum absolute atomic E-state index is 0.261. The van der Waals surface area contributed by atoms with Gasteiger partial charge in [-0.25, -0.2) is 13.6 Å². The third-order valence-corrected chi connectivity index (χ3v) is 5.57. The Balaban J connectivity index is 1.93. The molecule has 2 heterocycles. The molecule has 0 N–H and O–H groups in total. The Morgan fingerprint density at radius 3 is 2.74 bits per heavy atom. The Kier molecular flexibility index (Phi) is 6.08. The molecule has 3 aromatic rings. The van der Waals surface area contributed by atoms with E-state index in [1.807, 2.05) is 17.6 Å². The highest BCUT2D eigenvalue weighted by Crippen LogP contribution is 2.40. The number of aryl methyl sites for hydroxylation is 1. The van der Waals surface area contributed by atoms with Crippen LogP contribution in [-0.2, 0) is 24.3 Å². The van der Waals surface area contributed by atoms with Gasteiger partial charge in [-0.2, -0.15) is 0 Å². The molecule has 0 saturated carbocycles. The number of aromatic nitrogens is 2. The van der Waals surface area contributed by atoms with Crippen LogP contribution in [0.3, 0.4) is 0 Å². The summed E-state index contributed by atoms with van der Waals surface area (Å²) in [4.78, 5) is 5.14. The molecule has 1 atom stereocenters. The fourth-order valence-corrected chi connectivity index (χ4v) is 4.48. The number of imidazole rings is 1. The topological polar surface area (TPSA) is 67.2 Å². The largest absolute Gasteiger partial charge is 0.740 e. The second-order valence-corrected chi connectivity index (χ2v) is 8.38. The number of hydrogen-bond donors (Lipinski definition) is 0. The van der Waals surface area contributed by atoms with Crippen LogP contribution in [-0.4, -0.2) is 18.3 Å². The van der Waals surface area contributed by atoms with Gasteiger partial charge >= 0.3 is 0 Å². The fraction of sp³-hybridized carbons (Fsp3) is 0.316. The summed E-state index contributed by atoms with van der Waals surface area (Å²) in [6.45, 7) is 6.41. The number of nitrogens with zero attached hydrogens (tertiary/aromatic N) is 2. The van der Waals surface area contributed by atoms with Crippen LogP contribution < -0.4 is 4.18 Å². The Labute approximate surface area is 164 Å². The van der Waals surface area contributed by atoms with E-state index in [9.17, 15) is 13.2 Å². The number of halogens is 1. The quantitative estimate of drug-likeness (QED) is 0.542. The molecule has 2 aromatic heterocycles. The minimum Gasteiger partial charge on any atom is -0.740 e. The summed E-state index contributed by atoms with van der Waals surface area (Å²) >= 11 is -1.40. The van der Waals surface area contributed by atoms with Gasteiger partial charge < -0.3 is 13.3 Å². The lowest BCUT2D eigenvalue weighted by atomic mass is 10.0. The van der Waals surface area contributed by atoms with Gasteiger partial charge in [0.05, 0.1) is 6.54 Å². The first-order valence-electron chi connectivity index (χ1n) is 8.50. The van der Waals surface area contributed by atoms with Crippen LogP contribution >= 0.6 is 11.3 Å². The van der Waals surface area contributed by atoms with E-state index < -0.39 is 11.4 Å². The highest BCUT2D eigenvalue weighted by atomic mass is 32.2. The van der Waals surface area contributed by atoms with Gasteiger partial charge in [-0.3, -0.25) is 0 Å². The van der Waals surface area contributed by atoms with Crippen molar-refractivity contribution in [1.29, 1.82) is 0 Å². The zero-order valence-corrected chi connectivity index (χ0v) is 16.9. The Hall–Kier alpha value is -2.03. The van der Waals surface area contributed by atoms with E-state index >= 15 is 0 Å². The SMILES string of the molecule is Cc1nccn1Cc1ccc(-c2cc(CC(C)C)sc2OS(=O)[O-])cc1F. The molecule has 0 spiro atoms. The Morgan fingerprint density at radius 1 is 1.37 bits per heavy atom. The monoisotopic (exact) mass is 407 g/mol. The van der Waals surface area contributed by atoms with Crippen molar-refractivity contribution in [2.45, 2.75) is 33.7 Å². The first-order chi connectivity index (χ1) is 12.8. The zero-order chi connectivity index (χ0) is 19.6. The van der Waals surface area contributed by atoms with E-state index in [2.05, 4.69) is 18.8 Å². The lowest BCUT2D eigenvalue weighted by Crippen LogP contribution is -2.03. The van der Waals surface area contributed by atoms with Gasteiger partial charge in [0.15, 0.2) is 0 Å². The highest BCUT2D eigenvalue weighted by molar-refractivity contribution is 7.74. The second-order valence-electron chi connectivity index (χ2n) is 6.71. The van der Waals surface area contributed by atoms with Crippen LogP contribution in [0, 0.1) is 18.7 Å². The second kappa shape index (κ2) is 8.33. The molecule has 0 fully saturated rings. The van der Waals surface area contributed by atoms with Crippen molar-refractivity contribution >= 4 is 22.7 Å². The van der Waals surface area contributed by atoms with E-state index in [0.717, 1.165) is 17.1 Å². The summed E-state index contributed by atoms with van der Waals surface area (Å²) in [6, 6.07) is 6.79. The van der Waals surface area contributed by atoms with Gasteiger partial charge in [-0.05, 0) is 37.0 Å². The van der Waals surface area contributed by atoms with E-state index in [-0.39, 0.29) is 10.9 Å². The van der Waals surface area contributed by atoms with Crippen molar-refractivity contribution in [3.63, 3.8) is 0 Å². The van der Waals surface area contributed by atoms with Crippen LogP contribution in [0.2, 0.25) is 0 Å². The molecule has 1 aromatic carbocycles. The molecule has 144 valence electrons. The Bertz CT molecular complexity index is 966. The summed E-state index contributed by atoms with van der Waals surface area (Å²) in [5, 5.41) is 0.261. The molecule has 1 unspecified atom stereocenters. The number of benzene rings is 1. The molecule has 0 aliphatic carbocycles. The van der Waals surface area contributed by atoms with Gasteiger partial charge in [0.1, 0.15) is 23.0 Å². The molecular weight excluding hydrogens is 387 g/mol. The predicted octanol–water partition coefficient (Wildman–Crippen LogP) is 4.48. The standard InChI is InChI=1S/C19H21FN2O3S2/c1-12(2)8-16-10-17(19(26-16)25-27(23)24)14-4-5-15(18(20)9-14)11-22-7-6-21-13(22)3/h4-7,9-10,12H,8,11H2,1-3H3,(H,23,24)/p-1. The fourth-order valence-electron chi connectivity index (χ4n) is 2.85. The van der Waals surface area contributed by atoms with Crippen LogP contribution in [0.25, 0.3) is 11.1 Å². The number of thiophene rings is 1.